The van der Waals surface area contributed by atoms with E-state index in [1.807, 2.05) is 13.0 Å². The quantitative estimate of drug-likeness (QED) is 0.812. The highest BCUT2D eigenvalue weighted by Crippen LogP contribution is 2.26. The number of methoxy groups -OCH3 is 1. The molecule has 0 saturated heterocycles. The molecule has 2 aromatic rings. The van der Waals surface area contributed by atoms with Crippen LogP contribution < -0.4 is 10.1 Å². The van der Waals surface area contributed by atoms with Crippen molar-refractivity contribution in [3.63, 3.8) is 0 Å². The fraction of sp³-hybridized carbons (Fsp3) is 0.368. The van der Waals surface area contributed by atoms with Gasteiger partial charge in [0, 0.05) is 17.6 Å². The van der Waals surface area contributed by atoms with Crippen LogP contribution in [0.3, 0.4) is 0 Å². The molecule has 2 aromatic carbocycles. The molecule has 0 radical (unpaired) electrons. The SMILES string of the molecule is COc1ccc(F)cc1C(C)NC(C)CCc1ccccc1. The zero-order valence-corrected chi connectivity index (χ0v) is 13.5. The van der Waals surface area contributed by atoms with Crippen LogP contribution in [-0.4, -0.2) is 13.2 Å². The summed E-state index contributed by atoms with van der Waals surface area (Å²) in [6, 6.07) is 15.5. The Morgan fingerprint density at radius 3 is 2.50 bits per heavy atom. The molecule has 1 N–H and O–H groups in total. The van der Waals surface area contributed by atoms with Gasteiger partial charge < -0.3 is 10.1 Å². The summed E-state index contributed by atoms with van der Waals surface area (Å²) in [6.45, 7) is 4.20. The minimum atomic E-state index is -0.235. The number of aryl methyl sites for hydroxylation is 1. The number of hydrogen-bond acceptors (Lipinski definition) is 2. The molecule has 0 spiro atoms. The summed E-state index contributed by atoms with van der Waals surface area (Å²) < 4.78 is 18.8. The van der Waals surface area contributed by atoms with Crippen molar-refractivity contribution < 1.29 is 9.13 Å². The highest BCUT2D eigenvalue weighted by Gasteiger charge is 2.14. The number of benzene rings is 2. The van der Waals surface area contributed by atoms with E-state index in [9.17, 15) is 4.39 Å². The monoisotopic (exact) mass is 301 g/mol. The third-order valence-electron chi connectivity index (χ3n) is 3.90. The first-order valence-corrected chi connectivity index (χ1v) is 7.73. The van der Waals surface area contributed by atoms with Gasteiger partial charge in [-0.05, 0) is 50.5 Å². The average molecular weight is 301 g/mol. The summed E-state index contributed by atoms with van der Waals surface area (Å²) in [5, 5.41) is 3.52. The van der Waals surface area contributed by atoms with Crippen molar-refractivity contribution >= 4 is 0 Å². The molecule has 0 aliphatic rings. The highest BCUT2D eigenvalue weighted by molar-refractivity contribution is 5.36. The Balaban J connectivity index is 1.93. The molecule has 2 unspecified atom stereocenters. The molecule has 118 valence electrons. The Labute approximate surface area is 132 Å². The lowest BCUT2D eigenvalue weighted by molar-refractivity contribution is 0.390. The molecular formula is C19H24FNO. The first-order chi connectivity index (χ1) is 10.6. The molecule has 22 heavy (non-hydrogen) atoms. The molecule has 2 rings (SSSR count). The van der Waals surface area contributed by atoms with E-state index in [4.69, 9.17) is 4.74 Å². The lowest BCUT2D eigenvalue weighted by Gasteiger charge is -2.22. The van der Waals surface area contributed by atoms with Gasteiger partial charge in [-0.25, -0.2) is 4.39 Å². The van der Waals surface area contributed by atoms with Gasteiger partial charge in [0.1, 0.15) is 11.6 Å². The van der Waals surface area contributed by atoms with Crippen LogP contribution >= 0.6 is 0 Å². The first-order valence-electron chi connectivity index (χ1n) is 7.73. The van der Waals surface area contributed by atoms with E-state index < -0.39 is 0 Å². The smallest absolute Gasteiger partial charge is 0.123 e. The normalized spacial score (nSPS) is 13.6. The Bertz CT molecular complexity index is 585. The van der Waals surface area contributed by atoms with Crippen molar-refractivity contribution in [2.24, 2.45) is 0 Å². The van der Waals surface area contributed by atoms with E-state index in [1.54, 1.807) is 19.2 Å². The molecule has 0 saturated carbocycles. The zero-order chi connectivity index (χ0) is 15.9. The van der Waals surface area contributed by atoms with Crippen LogP contribution in [0.25, 0.3) is 0 Å². The molecule has 0 amide bonds. The van der Waals surface area contributed by atoms with E-state index >= 15 is 0 Å². The standard InChI is InChI=1S/C19H24FNO/c1-14(9-10-16-7-5-4-6-8-16)21-15(2)18-13-17(20)11-12-19(18)22-3/h4-8,11-15,21H,9-10H2,1-3H3. The van der Waals surface area contributed by atoms with Crippen molar-refractivity contribution in [2.75, 3.05) is 7.11 Å². The molecule has 3 heteroatoms. The van der Waals surface area contributed by atoms with Gasteiger partial charge in [0.05, 0.1) is 7.11 Å². The number of ether oxygens (including phenoxy) is 1. The minimum Gasteiger partial charge on any atom is -0.496 e. The summed E-state index contributed by atoms with van der Waals surface area (Å²) in [6.07, 6.45) is 2.06. The largest absolute Gasteiger partial charge is 0.496 e. The van der Waals surface area contributed by atoms with E-state index in [0.29, 0.717) is 6.04 Å². The number of rotatable bonds is 7. The zero-order valence-electron chi connectivity index (χ0n) is 13.5. The van der Waals surface area contributed by atoms with Gasteiger partial charge in [0.2, 0.25) is 0 Å². The van der Waals surface area contributed by atoms with Crippen molar-refractivity contribution in [1.29, 1.82) is 0 Å². The third-order valence-corrected chi connectivity index (χ3v) is 3.90. The van der Waals surface area contributed by atoms with Gasteiger partial charge in [-0.15, -0.1) is 0 Å². The molecule has 0 fully saturated rings. The fourth-order valence-electron chi connectivity index (χ4n) is 2.67. The van der Waals surface area contributed by atoms with Crippen LogP contribution in [0.2, 0.25) is 0 Å². The first kappa shape index (κ1) is 16.5. The Morgan fingerprint density at radius 2 is 1.82 bits per heavy atom. The van der Waals surface area contributed by atoms with Gasteiger partial charge in [0.15, 0.2) is 0 Å². The van der Waals surface area contributed by atoms with E-state index in [-0.39, 0.29) is 11.9 Å². The predicted octanol–water partition coefficient (Wildman–Crippen LogP) is 4.51. The van der Waals surface area contributed by atoms with Crippen molar-refractivity contribution in [3.05, 3.63) is 65.5 Å². The molecule has 2 nitrogen and oxygen atoms in total. The summed E-state index contributed by atoms with van der Waals surface area (Å²) in [5.74, 6) is 0.484. The van der Waals surface area contributed by atoms with Gasteiger partial charge in [-0.1, -0.05) is 30.3 Å². The number of halogens is 1. The second-order valence-electron chi connectivity index (χ2n) is 5.70. The van der Waals surface area contributed by atoms with Crippen LogP contribution in [0, 0.1) is 5.82 Å². The molecule has 0 heterocycles. The van der Waals surface area contributed by atoms with E-state index in [1.165, 1.54) is 11.6 Å². The maximum Gasteiger partial charge on any atom is 0.123 e. The maximum absolute atomic E-state index is 13.5. The fourth-order valence-corrected chi connectivity index (χ4v) is 2.67. The lowest BCUT2D eigenvalue weighted by Crippen LogP contribution is -2.29. The van der Waals surface area contributed by atoms with Crippen LogP contribution in [-0.2, 0) is 6.42 Å². The summed E-state index contributed by atoms with van der Waals surface area (Å²) in [5.41, 5.74) is 2.20. The van der Waals surface area contributed by atoms with Gasteiger partial charge in [0.25, 0.3) is 0 Å². The van der Waals surface area contributed by atoms with E-state index in [0.717, 1.165) is 24.2 Å². The second-order valence-corrected chi connectivity index (χ2v) is 5.70. The van der Waals surface area contributed by atoms with Crippen molar-refractivity contribution in [3.8, 4) is 5.75 Å². The Hall–Kier alpha value is -1.87. The molecular weight excluding hydrogens is 277 g/mol. The van der Waals surface area contributed by atoms with Crippen molar-refractivity contribution in [2.45, 2.75) is 38.8 Å². The van der Waals surface area contributed by atoms with Gasteiger partial charge in [-0.3, -0.25) is 0 Å². The van der Waals surface area contributed by atoms with E-state index in [2.05, 4.69) is 36.5 Å². The topological polar surface area (TPSA) is 21.3 Å². The third kappa shape index (κ3) is 4.57. The Kier molecular flexibility index (Phi) is 5.96. The van der Waals surface area contributed by atoms with Gasteiger partial charge >= 0.3 is 0 Å². The minimum absolute atomic E-state index is 0.0384. The van der Waals surface area contributed by atoms with Crippen LogP contribution in [0.15, 0.2) is 48.5 Å². The second kappa shape index (κ2) is 7.95. The van der Waals surface area contributed by atoms with Crippen LogP contribution in [0.1, 0.15) is 37.4 Å². The molecule has 2 atom stereocenters. The lowest BCUT2D eigenvalue weighted by atomic mass is 10.0. The highest BCUT2D eigenvalue weighted by atomic mass is 19.1. The molecule has 0 aliphatic heterocycles. The Morgan fingerprint density at radius 1 is 1.09 bits per heavy atom. The van der Waals surface area contributed by atoms with Crippen molar-refractivity contribution in [1.82, 2.24) is 5.32 Å². The molecule has 0 aromatic heterocycles. The van der Waals surface area contributed by atoms with Crippen LogP contribution in [0.5, 0.6) is 5.75 Å². The average Bonchev–Trinajstić information content (AvgIpc) is 2.54. The van der Waals surface area contributed by atoms with Crippen LogP contribution in [0.4, 0.5) is 4.39 Å². The summed E-state index contributed by atoms with van der Waals surface area (Å²) >= 11 is 0. The maximum atomic E-state index is 13.5. The number of hydrogen-bond donors (Lipinski definition) is 1. The summed E-state index contributed by atoms with van der Waals surface area (Å²) in [4.78, 5) is 0. The predicted molar refractivity (Wildman–Crippen MR) is 88.7 cm³/mol. The summed E-state index contributed by atoms with van der Waals surface area (Å²) in [7, 11) is 1.61. The molecule has 0 aliphatic carbocycles. The molecule has 0 bridgehead atoms. The van der Waals surface area contributed by atoms with Gasteiger partial charge in [-0.2, -0.15) is 0 Å². The number of nitrogens with one attached hydrogen (secondary N) is 1.